The minimum atomic E-state index is -1.02. The van der Waals surface area contributed by atoms with Gasteiger partial charge in [-0.05, 0) is 31.0 Å². The van der Waals surface area contributed by atoms with E-state index in [0.29, 0.717) is 12.2 Å². The van der Waals surface area contributed by atoms with Crippen molar-refractivity contribution in [3.63, 3.8) is 0 Å². The highest BCUT2D eigenvalue weighted by atomic mass is 79.9. The number of carboxylic acids is 1. The van der Waals surface area contributed by atoms with Gasteiger partial charge in [0.2, 0.25) is 0 Å². The van der Waals surface area contributed by atoms with Crippen LogP contribution in [0.25, 0.3) is 0 Å². The molecule has 2 aromatic rings. The van der Waals surface area contributed by atoms with Gasteiger partial charge in [0.1, 0.15) is 5.75 Å². The first-order valence-electron chi connectivity index (χ1n) is 6.59. The summed E-state index contributed by atoms with van der Waals surface area (Å²) in [5.74, 6) is -0.0269. The number of ether oxygens (including phenoxy) is 1. The third-order valence-electron chi connectivity index (χ3n) is 3.50. The van der Waals surface area contributed by atoms with Crippen LogP contribution in [0, 0.1) is 0 Å². The van der Waals surface area contributed by atoms with Crippen LogP contribution in [0.2, 0.25) is 0 Å². The molecule has 1 heterocycles. The third kappa shape index (κ3) is 2.78. The molecule has 1 fully saturated rings. The molecule has 0 spiro atoms. The van der Waals surface area contributed by atoms with E-state index in [2.05, 4.69) is 26.2 Å². The van der Waals surface area contributed by atoms with E-state index >= 15 is 0 Å². The fourth-order valence-corrected chi connectivity index (χ4v) is 2.79. The summed E-state index contributed by atoms with van der Waals surface area (Å²) >= 11 is 3.43. The zero-order valence-corrected chi connectivity index (χ0v) is 13.0. The van der Waals surface area contributed by atoms with E-state index in [4.69, 9.17) is 4.74 Å². The van der Waals surface area contributed by atoms with Crippen molar-refractivity contribution in [1.29, 1.82) is 0 Å². The Morgan fingerprint density at radius 3 is 2.90 bits per heavy atom. The van der Waals surface area contributed by atoms with Gasteiger partial charge < -0.3 is 9.84 Å². The van der Waals surface area contributed by atoms with E-state index in [1.54, 1.807) is 11.8 Å². The van der Waals surface area contributed by atoms with Crippen LogP contribution < -0.4 is 4.74 Å². The number of hydrogen-bond donors (Lipinski definition) is 1. The smallest absolute Gasteiger partial charge is 0.358 e. The molecule has 110 valence electrons. The second-order valence-corrected chi connectivity index (χ2v) is 5.93. The first-order chi connectivity index (χ1) is 10.1. The maximum Gasteiger partial charge on any atom is 0.358 e. The van der Waals surface area contributed by atoms with Crippen LogP contribution in [0.5, 0.6) is 5.75 Å². The maximum atomic E-state index is 11.2. The summed E-state index contributed by atoms with van der Waals surface area (Å²) < 4.78 is 7.95. The van der Waals surface area contributed by atoms with Crippen molar-refractivity contribution in [2.24, 2.45) is 0 Å². The lowest BCUT2D eigenvalue weighted by molar-refractivity contribution is 0.0689. The Morgan fingerprint density at radius 2 is 2.29 bits per heavy atom. The van der Waals surface area contributed by atoms with Crippen molar-refractivity contribution >= 4 is 21.9 Å². The number of hydrogen-bond acceptors (Lipinski definition) is 4. The molecule has 1 aromatic heterocycles. The second kappa shape index (κ2) is 5.48. The molecular formula is C14H14BrN3O3. The molecule has 1 N–H and O–H groups in total. The predicted octanol–water partition coefficient (Wildman–Crippen LogP) is 2.67. The highest BCUT2D eigenvalue weighted by molar-refractivity contribution is 9.10. The highest BCUT2D eigenvalue weighted by Crippen LogP contribution is 2.41. The molecule has 0 bridgehead atoms. The van der Waals surface area contributed by atoms with Crippen LogP contribution in [0.15, 0.2) is 22.7 Å². The average Bonchev–Trinajstić information content (AvgIpc) is 3.20. The molecular weight excluding hydrogens is 338 g/mol. The Hall–Kier alpha value is -1.89. The number of nitrogens with zero attached hydrogens (tertiary/aromatic N) is 3. The van der Waals surface area contributed by atoms with Crippen molar-refractivity contribution < 1.29 is 14.6 Å². The fourth-order valence-electron chi connectivity index (χ4n) is 2.38. The molecule has 7 heteroatoms. The number of halogens is 1. The molecule has 1 aliphatic rings. The number of aromatic nitrogens is 3. The van der Waals surface area contributed by atoms with Gasteiger partial charge in [-0.2, -0.15) is 0 Å². The molecule has 6 nitrogen and oxygen atoms in total. The number of benzene rings is 1. The van der Waals surface area contributed by atoms with Crippen molar-refractivity contribution in [3.8, 4) is 5.75 Å². The SMILES string of the molecule is COc1ccc(Br)cc1Cn1nnc(C(=O)O)c1C1CC1. The van der Waals surface area contributed by atoms with Crippen LogP contribution in [0.4, 0.5) is 0 Å². The zero-order valence-electron chi connectivity index (χ0n) is 11.4. The molecule has 1 aliphatic carbocycles. The van der Waals surface area contributed by atoms with Crippen molar-refractivity contribution in [2.75, 3.05) is 7.11 Å². The first-order valence-corrected chi connectivity index (χ1v) is 7.38. The molecule has 0 unspecified atom stereocenters. The standard InChI is InChI=1S/C14H14BrN3O3/c1-21-11-5-4-10(15)6-9(11)7-18-13(8-2-3-8)12(14(19)20)16-17-18/h4-6,8H,2-3,7H2,1H3,(H,19,20). The Balaban J connectivity index is 1.99. The number of rotatable bonds is 5. The molecule has 0 amide bonds. The lowest BCUT2D eigenvalue weighted by Gasteiger charge is -2.11. The number of carbonyl (C=O) groups is 1. The van der Waals surface area contributed by atoms with Crippen molar-refractivity contribution in [2.45, 2.75) is 25.3 Å². The lowest BCUT2D eigenvalue weighted by atomic mass is 10.1. The van der Waals surface area contributed by atoms with Gasteiger partial charge >= 0.3 is 5.97 Å². The highest BCUT2D eigenvalue weighted by Gasteiger charge is 2.33. The van der Waals surface area contributed by atoms with Gasteiger partial charge in [0.05, 0.1) is 19.3 Å². The predicted molar refractivity (Wildman–Crippen MR) is 78.8 cm³/mol. The topological polar surface area (TPSA) is 77.2 Å². The van der Waals surface area contributed by atoms with Gasteiger partial charge in [0, 0.05) is 16.0 Å². The van der Waals surface area contributed by atoms with E-state index < -0.39 is 5.97 Å². The summed E-state index contributed by atoms with van der Waals surface area (Å²) in [6.07, 6.45) is 1.98. The Bertz CT molecular complexity index is 695. The van der Waals surface area contributed by atoms with E-state index in [0.717, 1.165) is 28.6 Å². The molecule has 1 aromatic carbocycles. The average molecular weight is 352 g/mol. The molecule has 21 heavy (non-hydrogen) atoms. The lowest BCUT2D eigenvalue weighted by Crippen LogP contribution is -2.09. The largest absolute Gasteiger partial charge is 0.496 e. The van der Waals surface area contributed by atoms with E-state index in [1.807, 2.05) is 18.2 Å². The summed E-state index contributed by atoms with van der Waals surface area (Å²) in [7, 11) is 1.61. The Morgan fingerprint density at radius 1 is 1.52 bits per heavy atom. The van der Waals surface area contributed by atoms with Crippen LogP contribution in [-0.2, 0) is 6.54 Å². The van der Waals surface area contributed by atoms with Crippen LogP contribution in [-0.4, -0.2) is 33.2 Å². The molecule has 0 aliphatic heterocycles. The van der Waals surface area contributed by atoms with Crippen LogP contribution in [0.1, 0.15) is 40.5 Å². The fraction of sp³-hybridized carbons (Fsp3) is 0.357. The molecule has 0 saturated heterocycles. The first kappa shape index (κ1) is 14.1. The summed E-state index contributed by atoms with van der Waals surface area (Å²) in [4.78, 5) is 11.2. The van der Waals surface area contributed by atoms with Crippen LogP contribution >= 0.6 is 15.9 Å². The summed E-state index contributed by atoms with van der Waals surface area (Å²) in [6.45, 7) is 0.439. The molecule has 0 atom stereocenters. The molecule has 0 radical (unpaired) electrons. The van der Waals surface area contributed by atoms with Gasteiger partial charge in [0.25, 0.3) is 0 Å². The summed E-state index contributed by atoms with van der Waals surface area (Å²) in [5.41, 5.74) is 1.70. The number of aromatic carboxylic acids is 1. The minimum Gasteiger partial charge on any atom is -0.496 e. The zero-order chi connectivity index (χ0) is 15.0. The summed E-state index contributed by atoms with van der Waals surface area (Å²) in [6, 6.07) is 5.71. The molecule has 1 saturated carbocycles. The number of carboxylic acid groups (broad SMARTS) is 1. The Labute approximate surface area is 129 Å². The van der Waals surface area contributed by atoms with Gasteiger partial charge in [-0.3, -0.25) is 0 Å². The monoisotopic (exact) mass is 351 g/mol. The van der Waals surface area contributed by atoms with Crippen molar-refractivity contribution in [3.05, 3.63) is 39.6 Å². The quantitative estimate of drug-likeness (QED) is 0.895. The maximum absolute atomic E-state index is 11.2. The van der Waals surface area contributed by atoms with Gasteiger partial charge in [-0.1, -0.05) is 21.1 Å². The van der Waals surface area contributed by atoms with E-state index in [1.165, 1.54) is 0 Å². The summed E-state index contributed by atoms with van der Waals surface area (Å²) in [5, 5.41) is 17.0. The normalized spacial score (nSPS) is 14.2. The minimum absolute atomic E-state index is 0.0615. The number of methoxy groups -OCH3 is 1. The van der Waals surface area contributed by atoms with Gasteiger partial charge in [-0.15, -0.1) is 5.10 Å². The van der Waals surface area contributed by atoms with Gasteiger partial charge in [-0.25, -0.2) is 9.48 Å². The van der Waals surface area contributed by atoms with E-state index in [-0.39, 0.29) is 11.6 Å². The Kier molecular flexibility index (Phi) is 3.67. The second-order valence-electron chi connectivity index (χ2n) is 5.02. The van der Waals surface area contributed by atoms with Gasteiger partial charge in [0.15, 0.2) is 5.69 Å². The molecule has 3 rings (SSSR count). The third-order valence-corrected chi connectivity index (χ3v) is 4.00. The van der Waals surface area contributed by atoms with Crippen molar-refractivity contribution in [1.82, 2.24) is 15.0 Å². The van der Waals surface area contributed by atoms with Crippen LogP contribution in [0.3, 0.4) is 0 Å². The van der Waals surface area contributed by atoms with E-state index in [9.17, 15) is 9.90 Å².